The Morgan fingerprint density at radius 1 is 1.24 bits per heavy atom. The number of amides is 1. The van der Waals surface area contributed by atoms with Crippen molar-refractivity contribution in [3.05, 3.63) is 36.1 Å². The highest BCUT2D eigenvalue weighted by Crippen LogP contribution is 2.29. The number of fused-ring (bicyclic) bond motifs is 1. The summed E-state index contributed by atoms with van der Waals surface area (Å²) < 4.78 is 5.40. The Labute approximate surface area is 124 Å². The predicted molar refractivity (Wildman–Crippen MR) is 81.1 cm³/mol. The summed E-state index contributed by atoms with van der Waals surface area (Å²) in [6.45, 7) is 0.846. The van der Waals surface area contributed by atoms with Crippen LogP contribution in [-0.2, 0) is 0 Å². The van der Waals surface area contributed by atoms with E-state index in [0.717, 1.165) is 23.8 Å². The summed E-state index contributed by atoms with van der Waals surface area (Å²) in [4.78, 5) is 12.3. The summed E-state index contributed by atoms with van der Waals surface area (Å²) in [5.74, 6) is 0.605. The Balaban J connectivity index is 1.66. The molecule has 1 amide bonds. The molecule has 21 heavy (non-hydrogen) atoms. The molecular weight excluding hydrogens is 266 g/mol. The second kappa shape index (κ2) is 6.31. The van der Waals surface area contributed by atoms with Gasteiger partial charge in [0, 0.05) is 18.5 Å². The van der Waals surface area contributed by atoms with Crippen LogP contribution in [0.25, 0.3) is 11.0 Å². The lowest BCUT2D eigenvalue weighted by Gasteiger charge is -2.30. The van der Waals surface area contributed by atoms with Gasteiger partial charge in [-0.25, -0.2) is 0 Å². The molecule has 2 atom stereocenters. The molecule has 1 fully saturated rings. The molecule has 0 saturated heterocycles. The molecule has 2 unspecified atom stereocenters. The number of aliphatic hydroxyl groups is 1. The Bertz CT molecular complexity index is 619. The number of benzene rings is 1. The molecule has 2 aromatic rings. The van der Waals surface area contributed by atoms with E-state index in [1.807, 2.05) is 24.3 Å². The monoisotopic (exact) mass is 287 g/mol. The van der Waals surface area contributed by atoms with E-state index in [1.165, 1.54) is 19.1 Å². The molecule has 2 N–H and O–H groups in total. The van der Waals surface area contributed by atoms with E-state index in [2.05, 4.69) is 5.32 Å². The van der Waals surface area contributed by atoms with Crippen LogP contribution in [0.2, 0.25) is 0 Å². The molecule has 112 valence electrons. The predicted octanol–water partition coefficient (Wildman–Crippen LogP) is 2.96. The molecule has 1 aromatic carbocycles. The average Bonchev–Trinajstić information content (AvgIpc) is 2.97. The van der Waals surface area contributed by atoms with Gasteiger partial charge in [0.05, 0.1) is 5.56 Å². The zero-order chi connectivity index (χ0) is 14.7. The Morgan fingerprint density at radius 3 is 2.81 bits per heavy atom. The van der Waals surface area contributed by atoms with Crippen molar-refractivity contribution in [2.75, 3.05) is 13.2 Å². The van der Waals surface area contributed by atoms with Crippen LogP contribution in [0, 0.1) is 11.8 Å². The first-order chi connectivity index (χ1) is 10.3. The van der Waals surface area contributed by atoms with Gasteiger partial charge < -0.3 is 14.8 Å². The summed E-state index contributed by atoms with van der Waals surface area (Å²) in [5.41, 5.74) is 1.32. The minimum atomic E-state index is -0.0952. The van der Waals surface area contributed by atoms with Gasteiger partial charge in [0.2, 0.25) is 0 Å². The average molecular weight is 287 g/mol. The van der Waals surface area contributed by atoms with Gasteiger partial charge in [0.15, 0.2) is 0 Å². The smallest absolute Gasteiger partial charge is 0.255 e. The van der Waals surface area contributed by atoms with Crippen LogP contribution in [0.1, 0.15) is 36.0 Å². The fourth-order valence-electron chi connectivity index (χ4n) is 3.27. The van der Waals surface area contributed by atoms with Crippen LogP contribution in [0.15, 0.2) is 34.9 Å². The number of carbonyl (C=O) groups excluding carboxylic acids is 1. The third kappa shape index (κ3) is 2.95. The number of nitrogens with one attached hydrogen (secondary N) is 1. The third-order valence-electron chi connectivity index (χ3n) is 4.55. The van der Waals surface area contributed by atoms with Crippen molar-refractivity contribution in [1.82, 2.24) is 5.32 Å². The maximum Gasteiger partial charge on any atom is 0.255 e. The van der Waals surface area contributed by atoms with E-state index >= 15 is 0 Å². The Kier molecular flexibility index (Phi) is 4.25. The summed E-state index contributed by atoms with van der Waals surface area (Å²) in [7, 11) is 0. The molecule has 4 nitrogen and oxygen atoms in total. The van der Waals surface area contributed by atoms with Gasteiger partial charge >= 0.3 is 0 Å². The molecule has 0 aliphatic heterocycles. The van der Waals surface area contributed by atoms with E-state index in [1.54, 1.807) is 0 Å². The number of carbonyl (C=O) groups is 1. The van der Waals surface area contributed by atoms with E-state index in [-0.39, 0.29) is 12.5 Å². The highest BCUT2D eigenvalue weighted by molar-refractivity contribution is 6.05. The minimum absolute atomic E-state index is 0.0952. The SMILES string of the molecule is O=C(NCC1CCCCC1CO)c1coc2ccccc12. The maximum atomic E-state index is 12.3. The first kappa shape index (κ1) is 14.1. The zero-order valence-electron chi connectivity index (χ0n) is 12.0. The fourth-order valence-corrected chi connectivity index (χ4v) is 3.27. The fraction of sp³-hybridized carbons (Fsp3) is 0.471. The number of aliphatic hydroxyl groups excluding tert-OH is 1. The molecule has 3 rings (SSSR count). The van der Waals surface area contributed by atoms with Gasteiger partial charge in [-0.1, -0.05) is 31.0 Å². The second-order valence-electron chi connectivity index (χ2n) is 5.84. The molecule has 1 saturated carbocycles. The normalized spacial score (nSPS) is 22.3. The summed E-state index contributed by atoms with van der Waals surface area (Å²) in [6.07, 6.45) is 6.03. The van der Waals surface area contributed by atoms with Crippen molar-refractivity contribution < 1.29 is 14.3 Å². The van der Waals surface area contributed by atoms with Crippen molar-refractivity contribution in [3.63, 3.8) is 0 Å². The minimum Gasteiger partial charge on any atom is -0.463 e. The molecule has 1 aliphatic rings. The molecule has 0 spiro atoms. The maximum absolute atomic E-state index is 12.3. The molecular formula is C17H21NO3. The van der Waals surface area contributed by atoms with Crippen molar-refractivity contribution in [1.29, 1.82) is 0 Å². The van der Waals surface area contributed by atoms with Crippen LogP contribution in [-0.4, -0.2) is 24.2 Å². The number of hydrogen-bond acceptors (Lipinski definition) is 3. The zero-order valence-corrected chi connectivity index (χ0v) is 12.0. The number of hydrogen-bond donors (Lipinski definition) is 2. The topological polar surface area (TPSA) is 62.5 Å². The van der Waals surface area contributed by atoms with E-state index in [9.17, 15) is 9.90 Å². The van der Waals surface area contributed by atoms with Gasteiger partial charge in [0.1, 0.15) is 11.8 Å². The molecule has 1 aromatic heterocycles. The molecule has 0 bridgehead atoms. The molecule has 1 aliphatic carbocycles. The molecule has 4 heteroatoms. The standard InChI is InChI=1S/C17H21NO3/c19-10-13-6-2-1-5-12(13)9-18-17(20)15-11-21-16-8-4-3-7-14(15)16/h3-4,7-8,11-13,19H,1-2,5-6,9-10H2,(H,18,20). The largest absolute Gasteiger partial charge is 0.463 e. The van der Waals surface area contributed by atoms with Crippen molar-refractivity contribution >= 4 is 16.9 Å². The lowest BCUT2D eigenvalue weighted by Crippen LogP contribution is -2.35. The Morgan fingerprint density at radius 2 is 2.00 bits per heavy atom. The molecule has 1 heterocycles. The quantitative estimate of drug-likeness (QED) is 0.908. The third-order valence-corrected chi connectivity index (χ3v) is 4.55. The van der Waals surface area contributed by atoms with Gasteiger partial charge in [-0.05, 0) is 30.7 Å². The number of rotatable bonds is 4. The van der Waals surface area contributed by atoms with Gasteiger partial charge in [0.25, 0.3) is 5.91 Å². The van der Waals surface area contributed by atoms with Gasteiger partial charge in [-0.3, -0.25) is 4.79 Å². The number of para-hydroxylation sites is 1. The van der Waals surface area contributed by atoms with E-state index < -0.39 is 0 Å². The second-order valence-corrected chi connectivity index (χ2v) is 5.84. The summed E-state index contributed by atoms with van der Waals surface area (Å²) >= 11 is 0. The van der Waals surface area contributed by atoms with Crippen LogP contribution < -0.4 is 5.32 Å². The van der Waals surface area contributed by atoms with Crippen LogP contribution in [0.5, 0.6) is 0 Å². The lowest BCUT2D eigenvalue weighted by atomic mass is 9.79. The highest BCUT2D eigenvalue weighted by atomic mass is 16.3. The van der Waals surface area contributed by atoms with Crippen molar-refractivity contribution in [3.8, 4) is 0 Å². The molecule has 0 radical (unpaired) electrons. The van der Waals surface area contributed by atoms with Crippen LogP contribution in [0.4, 0.5) is 0 Å². The summed E-state index contributed by atoms with van der Waals surface area (Å²) in [6, 6.07) is 7.54. The van der Waals surface area contributed by atoms with E-state index in [4.69, 9.17) is 4.42 Å². The highest BCUT2D eigenvalue weighted by Gasteiger charge is 2.25. The Hall–Kier alpha value is -1.81. The van der Waals surface area contributed by atoms with Gasteiger partial charge in [-0.2, -0.15) is 0 Å². The van der Waals surface area contributed by atoms with Crippen LogP contribution >= 0.6 is 0 Å². The lowest BCUT2D eigenvalue weighted by molar-refractivity contribution is 0.0910. The first-order valence-corrected chi connectivity index (χ1v) is 7.65. The first-order valence-electron chi connectivity index (χ1n) is 7.65. The van der Waals surface area contributed by atoms with Crippen molar-refractivity contribution in [2.45, 2.75) is 25.7 Å². The van der Waals surface area contributed by atoms with E-state index in [0.29, 0.717) is 23.9 Å². The van der Waals surface area contributed by atoms with Crippen molar-refractivity contribution in [2.24, 2.45) is 11.8 Å². The van der Waals surface area contributed by atoms with Gasteiger partial charge in [-0.15, -0.1) is 0 Å². The number of furan rings is 1. The van der Waals surface area contributed by atoms with Crippen LogP contribution in [0.3, 0.4) is 0 Å². The summed E-state index contributed by atoms with van der Waals surface area (Å²) in [5, 5.41) is 13.3.